The second-order valence-corrected chi connectivity index (χ2v) is 6.30. The molecule has 0 saturated heterocycles. The van der Waals surface area contributed by atoms with Crippen LogP contribution >= 0.6 is 0 Å². The fraction of sp³-hybridized carbons (Fsp3) is 0.333. The molecule has 0 radical (unpaired) electrons. The quantitative estimate of drug-likeness (QED) is 0.735. The van der Waals surface area contributed by atoms with Gasteiger partial charge < -0.3 is 9.88 Å². The van der Waals surface area contributed by atoms with Gasteiger partial charge in [0.15, 0.2) is 0 Å². The smallest absolute Gasteiger partial charge is 0.261 e. The largest absolute Gasteiger partial charge is 0.353 e. The molecule has 1 N–H and O–H groups in total. The van der Waals surface area contributed by atoms with Crippen LogP contribution in [0.2, 0.25) is 0 Å². The minimum Gasteiger partial charge on any atom is -0.353 e. The number of benzene rings is 1. The second-order valence-electron chi connectivity index (χ2n) is 6.30. The normalized spacial score (nSPS) is 13.9. The molecule has 0 aliphatic heterocycles. The highest BCUT2D eigenvalue weighted by Gasteiger charge is 2.27. The van der Waals surface area contributed by atoms with E-state index in [1.807, 2.05) is 12.3 Å². The minimum absolute atomic E-state index is 0.0317. The number of para-hydroxylation sites is 1. The molecular formula is C18H19N5O2. The average Bonchev–Trinajstić information content (AvgIpc) is 3.36. The number of imidazole rings is 1. The Labute approximate surface area is 144 Å². The van der Waals surface area contributed by atoms with E-state index in [0.29, 0.717) is 29.9 Å². The van der Waals surface area contributed by atoms with Crippen LogP contribution in [0.3, 0.4) is 0 Å². The summed E-state index contributed by atoms with van der Waals surface area (Å²) >= 11 is 0. The van der Waals surface area contributed by atoms with Crippen molar-refractivity contribution in [1.29, 1.82) is 0 Å². The fourth-order valence-electron chi connectivity index (χ4n) is 2.96. The first-order valence-electron chi connectivity index (χ1n) is 8.44. The summed E-state index contributed by atoms with van der Waals surface area (Å²) in [7, 11) is 0. The monoisotopic (exact) mass is 337 g/mol. The lowest BCUT2D eigenvalue weighted by Crippen LogP contribution is -2.34. The second kappa shape index (κ2) is 6.51. The van der Waals surface area contributed by atoms with Crippen LogP contribution in [0.15, 0.2) is 47.8 Å². The third-order valence-electron chi connectivity index (χ3n) is 4.41. The van der Waals surface area contributed by atoms with Crippen molar-refractivity contribution in [2.75, 3.05) is 6.54 Å². The maximum absolute atomic E-state index is 12.4. The van der Waals surface area contributed by atoms with E-state index in [0.717, 1.165) is 5.82 Å². The third-order valence-corrected chi connectivity index (χ3v) is 4.41. The van der Waals surface area contributed by atoms with Crippen molar-refractivity contribution in [1.82, 2.24) is 24.4 Å². The Morgan fingerprint density at radius 3 is 2.88 bits per heavy atom. The van der Waals surface area contributed by atoms with Gasteiger partial charge in [-0.05, 0) is 25.0 Å². The summed E-state index contributed by atoms with van der Waals surface area (Å²) in [6.45, 7) is 1.16. The lowest BCUT2D eigenvalue weighted by atomic mass is 10.2. The molecule has 1 saturated carbocycles. The number of amides is 1. The molecule has 0 spiro atoms. The van der Waals surface area contributed by atoms with Crippen LogP contribution in [-0.4, -0.2) is 31.6 Å². The number of fused-ring (bicyclic) bond motifs is 1. The number of nitrogens with zero attached hydrogens (tertiary/aromatic N) is 4. The van der Waals surface area contributed by atoms with E-state index in [-0.39, 0.29) is 18.0 Å². The lowest BCUT2D eigenvalue weighted by Gasteiger charge is -2.10. The van der Waals surface area contributed by atoms with Gasteiger partial charge in [0.25, 0.3) is 5.56 Å². The van der Waals surface area contributed by atoms with Gasteiger partial charge in [-0.15, -0.1) is 0 Å². The van der Waals surface area contributed by atoms with Gasteiger partial charge in [-0.2, -0.15) is 0 Å². The zero-order valence-corrected chi connectivity index (χ0v) is 13.8. The molecule has 128 valence electrons. The number of hydrogen-bond acceptors (Lipinski definition) is 4. The van der Waals surface area contributed by atoms with Gasteiger partial charge in [0, 0.05) is 31.4 Å². The van der Waals surface area contributed by atoms with E-state index in [4.69, 9.17) is 0 Å². The number of hydrogen-bond donors (Lipinski definition) is 1. The highest BCUT2D eigenvalue weighted by Crippen LogP contribution is 2.38. The fourth-order valence-corrected chi connectivity index (χ4v) is 2.96. The van der Waals surface area contributed by atoms with Crippen LogP contribution in [-0.2, 0) is 17.9 Å². The molecule has 1 fully saturated rings. The summed E-state index contributed by atoms with van der Waals surface area (Å²) in [5, 5.41) is 3.38. The van der Waals surface area contributed by atoms with Crippen LogP contribution < -0.4 is 10.9 Å². The Balaban J connectivity index is 1.37. The van der Waals surface area contributed by atoms with E-state index < -0.39 is 0 Å². The molecule has 3 aromatic rings. The molecule has 2 aromatic heterocycles. The van der Waals surface area contributed by atoms with Gasteiger partial charge in [0.2, 0.25) is 5.91 Å². The van der Waals surface area contributed by atoms with Crippen molar-refractivity contribution < 1.29 is 4.79 Å². The minimum atomic E-state index is -0.202. The van der Waals surface area contributed by atoms with Crippen molar-refractivity contribution in [3.63, 3.8) is 0 Å². The molecule has 0 bridgehead atoms. The van der Waals surface area contributed by atoms with E-state index in [2.05, 4.69) is 19.9 Å². The topological polar surface area (TPSA) is 81.8 Å². The molecular weight excluding hydrogens is 318 g/mol. The van der Waals surface area contributed by atoms with Crippen molar-refractivity contribution >= 4 is 16.8 Å². The van der Waals surface area contributed by atoms with Gasteiger partial charge >= 0.3 is 0 Å². The molecule has 0 atom stereocenters. The maximum atomic E-state index is 12.4. The van der Waals surface area contributed by atoms with Crippen LogP contribution in [0.5, 0.6) is 0 Å². The lowest BCUT2D eigenvalue weighted by molar-refractivity contribution is -0.121. The summed E-state index contributed by atoms with van der Waals surface area (Å²) < 4.78 is 3.42. The zero-order chi connectivity index (χ0) is 17.2. The number of carbonyl (C=O) groups excluding carboxylic acids is 1. The standard InChI is InChI=1S/C18H19N5O2/c24-16(19-7-9-22-10-8-20-17(22)13-5-6-13)11-23-12-21-15-4-2-1-3-14(15)18(23)25/h1-4,8,10,12-13H,5-7,9,11H2,(H,19,24). The van der Waals surface area contributed by atoms with E-state index in [1.165, 1.54) is 23.7 Å². The molecule has 4 rings (SSSR count). The number of aromatic nitrogens is 4. The predicted molar refractivity (Wildman–Crippen MR) is 93.2 cm³/mol. The van der Waals surface area contributed by atoms with Crippen molar-refractivity contribution in [2.45, 2.75) is 31.8 Å². The molecule has 2 heterocycles. The van der Waals surface area contributed by atoms with Gasteiger partial charge in [-0.3, -0.25) is 14.2 Å². The highest BCUT2D eigenvalue weighted by atomic mass is 16.2. The van der Waals surface area contributed by atoms with E-state index >= 15 is 0 Å². The average molecular weight is 337 g/mol. The Hall–Kier alpha value is -2.96. The zero-order valence-electron chi connectivity index (χ0n) is 13.8. The van der Waals surface area contributed by atoms with Crippen molar-refractivity contribution in [3.05, 3.63) is 59.2 Å². The third kappa shape index (κ3) is 3.31. The SMILES string of the molecule is O=C(Cn1cnc2ccccc2c1=O)NCCn1ccnc1C1CC1. The van der Waals surface area contributed by atoms with E-state index in [9.17, 15) is 9.59 Å². The summed E-state index contributed by atoms with van der Waals surface area (Å²) in [4.78, 5) is 33.1. The highest BCUT2D eigenvalue weighted by molar-refractivity contribution is 5.78. The first kappa shape index (κ1) is 15.6. The summed E-state index contributed by atoms with van der Waals surface area (Å²) in [6, 6.07) is 7.12. The molecule has 1 aliphatic rings. The molecule has 0 unspecified atom stereocenters. The number of carbonyl (C=O) groups is 1. The Morgan fingerprint density at radius 1 is 1.20 bits per heavy atom. The molecule has 7 heteroatoms. The molecule has 25 heavy (non-hydrogen) atoms. The first-order chi connectivity index (χ1) is 12.2. The Morgan fingerprint density at radius 2 is 2.04 bits per heavy atom. The van der Waals surface area contributed by atoms with Gasteiger partial charge in [0.1, 0.15) is 12.4 Å². The summed E-state index contributed by atoms with van der Waals surface area (Å²) in [6.07, 6.45) is 7.56. The Kier molecular flexibility index (Phi) is 4.05. The molecule has 7 nitrogen and oxygen atoms in total. The van der Waals surface area contributed by atoms with Crippen LogP contribution in [0.4, 0.5) is 0 Å². The predicted octanol–water partition coefficient (Wildman–Crippen LogP) is 1.29. The van der Waals surface area contributed by atoms with Crippen LogP contribution in [0, 0.1) is 0 Å². The van der Waals surface area contributed by atoms with Gasteiger partial charge in [-0.25, -0.2) is 9.97 Å². The van der Waals surface area contributed by atoms with Crippen molar-refractivity contribution in [3.8, 4) is 0 Å². The molecule has 1 aromatic carbocycles. The molecule has 1 aliphatic carbocycles. The number of nitrogens with one attached hydrogen (secondary N) is 1. The van der Waals surface area contributed by atoms with Crippen LogP contribution in [0.25, 0.3) is 10.9 Å². The molecule has 1 amide bonds. The Bertz CT molecular complexity index is 971. The van der Waals surface area contributed by atoms with Crippen LogP contribution in [0.1, 0.15) is 24.6 Å². The van der Waals surface area contributed by atoms with Gasteiger partial charge in [-0.1, -0.05) is 12.1 Å². The summed E-state index contributed by atoms with van der Waals surface area (Å²) in [5.74, 6) is 1.48. The van der Waals surface area contributed by atoms with Crippen molar-refractivity contribution in [2.24, 2.45) is 0 Å². The number of rotatable bonds is 6. The summed E-state index contributed by atoms with van der Waals surface area (Å²) in [5.41, 5.74) is 0.434. The maximum Gasteiger partial charge on any atom is 0.261 e. The van der Waals surface area contributed by atoms with E-state index in [1.54, 1.807) is 24.4 Å². The van der Waals surface area contributed by atoms with Gasteiger partial charge in [0.05, 0.1) is 17.2 Å². The first-order valence-corrected chi connectivity index (χ1v) is 8.44.